The van der Waals surface area contributed by atoms with Crippen LogP contribution in [0.2, 0.25) is 0 Å². The van der Waals surface area contributed by atoms with Gasteiger partial charge in [0, 0.05) is 13.1 Å². The number of benzene rings is 1. The van der Waals surface area contributed by atoms with Gasteiger partial charge in [0.2, 0.25) is 15.9 Å². The second-order valence-corrected chi connectivity index (χ2v) is 10.3. The molecule has 1 amide bonds. The molecule has 1 aromatic rings. The monoisotopic (exact) mass is 457 g/mol. The molecule has 30 heavy (non-hydrogen) atoms. The minimum absolute atomic E-state index is 0.221. The van der Waals surface area contributed by atoms with Crippen LogP contribution in [-0.4, -0.2) is 55.2 Å². The highest BCUT2D eigenvalue weighted by Crippen LogP contribution is 2.24. The van der Waals surface area contributed by atoms with Crippen molar-refractivity contribution in [1.82, 2.24) is 14.7 Å². The van der Waals surface area contributed by atoms with E-state index < -0.39 is 34.0 Å². The first kappa shape index (κ1) is 24.7. The summed E-state index contributed by atoms with van der Waals surface area (Å²) in [4.78, 5) is 24.2. The first-order chi connectivity index (χ1) is 14.2. The van der Waals surface area contributed by atoms with E-state index in [-0.39, 0.29) is 12.2 Å². The molecule has 10 heteroatoms. The van der Waals surface area contributed by atoms with E-state index in [0.29, 0.717) is 24.3 Å². The van der Waals surface area contributed by atoms with Gasteiger partial charge in [0.05, 0.1) is 5.75 Å². The number of nitrogens with zero attached hydrogens (tertiary/aromatic N) is 1. The van der Waals surface area contributed by atoms with Crippen LogP contribution in [0.15, 0.2) is 30.3 Å². The summed E-state index contributed by atoms with van der Waals surface area (Å²) in [5.74, 6) is -1.52. The molecule has 1 fully saturated rings. The highest BCUT2D eigenvalue weighted by Gasteiger charge is 2.28. The van der Waals surface area contributed by atoms with Crippen molar-refractivity contribution >= 4 is 31.3 Å². The zero-order valence-corrected chi connectivity index (χ0v) is 19.3. The number of carbonyl (C=O) groups is 2. The minimum Gasteiger partial charge on any atom is -0.480 e. The number of aliphatic carboxylic acids is 1. The largest absolute Gasteiger partial charge is 0.480 e. The minimum atomic E-state index is -3.75. The number of piperidine rings is 1. The average molecular weight is 458 g/mol. The lowest BCUT2D eigenvalue weighted by atomic mass is 9.91. The zero-order chi connectivity index (χ0) is 22.1. The van der Waals surface area contributed by atoms with Crippen LogP contribution in [0.4, 0.5) is 0 Å². The predicted octanol–water partition coefficient (Wildman–Crippen LogP) is 1.74. The van der Waals surface area contributed by atoms with E-state index in [1.807, 2.05) is 0 Å². The van der Waals surface area contributed by atoms with Crippen LogP contribution in [-0.2, 0) is 25.4 Å². The van der Waals surface area contributed by atoms with Gasteiger partial charge >= 0.3 is 5.97 Å². The maximum absolute atomic E-state index is 12.6. The quantitative estimate of drug-likeness (QED) is 0.436. The SMILES string of the molecule is CC[C@@H](NS(=O)(=O)Cc1ccccc1)C(=O)N[C@@H](CCC1CCN(P)CC1)C(=O)O. The van der Waals surface area contributed by atoms with E-state index in [2.05, 4.69) is 24.1 Å². The zero-order valence-electron chi connectivity index (χ0n) is 17.3. The topological polar surface area (TPSA) is 116 Å². The lowest BCUT2D eigenvalue weighted by Gasteiger charge is -2.29. The Kier molecular flexibility index (Phi) is 9.68. The molecule has 3 atom stereocenters. The second-order valence-electron chi connectivity index (χ2n) is 7.78. The van der Waals surface area contributed by atoms with Gasteiger partial charge in [-0.15, -0.1) is 0 Å². The molecule has 168 valence electrons. The predicted molar refractivity (Wildman–Crippen MR) is 119 cm³/mol. The highest BCUT2D eigenvalue weighted by molar-refractivity contribution is 7.88. The van der Waals surface area contributed by atoms with Gasteiger partial charge in [-0.3, -0.25) is 9.46 Å². The van der Waals surface area contributed by atoms with Gasteiger partial charge in [-0.05, 0) is 43.6 Å². The normalized spacial score (nSPS) is 17.9. The lowest BCUT2D eigenvalue weighted by molar-refractivity contribution is -0.142. The summed E-state index contributed by atoms with van der Waals surface area (Å²) in [6.07, 6.45) is 3.27. The van der Waals surface area contributed by atoms with Crippen LogP contribution in [0.1, 0.15) is 44.6 Å². The fourth-order valence-electron chi connectivity index (χ4n) is 3.55. The number of carboxylic acids is 1. The fourth-order valence-corrected chi connectivity index (χ4v) is 5.27. The molecule has 0 spiro atoms. The maximum Gasteiger partial charge on any atom is 0.326 e. The third-order valence-corrected chi connectivity index (χ3v) is 7.25. The number of amides is 1. The van der Waals surface area contributed by atoms with Crippen molar-refractivity contribution in [1.29, 1.82) is 0 Å². The van der Waals surface area contributed by atoms with Crippen LogP contribution in [0.5, 0.6) is 0 Å². The Balaban J connectivity index is 1.91. The first-order valence-electron chi connectivity index (χ1n) is 10.3. The average Bonchev–Trinajstić information content (AvgIpc) is 2.70. The summed E-state index contributed by atoms with van der Waals surface area (Å²) in [5, 5.41) is 12.0. The maximum atomic E-state index is 12.6. The number of rotatable bonds is 11. The van der Waals surface area contributed by atoms with Gasteiger partial charge in [-0.1, -0.05) is 46.6 Å². The van der Waals surface area contributed by atoms with Crippen LogP contribution in [0, 0.1) is 5.92 Å². The summed E-state index contributed by atoms with van der Waals surface area (Å²) in [5.41, 5.74) is 0.611. The molecule has 0 saturated carbocycles. The third kappa shape index (κ3) is 8.30. The number of hydrogen-bond acceptors (Lipinski definition) is 5. The van der Waals surface area contributed by atoms with Crippen molar-refractivity contribution in [2.24, 2.45) is 5.92 Å². The molecule has 1 aliphatic rings. The van der Waals surface area contributed by atoms with E-state index in [0.717, 1.165) is 25.9 Å². The number of hydrogen-bond donors (Lipinski definition) is 3. The van der Waals surface area contributed by atoms with Gasteiger partial charge in [0.25, 0.3) is 0 Å². The molecule has 0 bridgehead atoms. The van der Waals surface area contributed by atoms with Crippen LogP contribution < -0.4 is 10.0 Å². The molecule has 8 nitrogen and oxygen atoms in total. The standard InChI is InChI=1S/C20H32N3O5PS/c1-2-17(22-30(27,28)14-16-6-4-3-5-7-16)19(24)21-18(20(25)26)9-8-15-10-12-23(29)13-11-15/h3-7,15,17-18,22H,2,8-14,29H2,1H3,(H,21,24)(H,25,26)/t17-,18+/m1/s1. The molecular formula is C20H32N3O5PS. The van der Waals surface area contributed by atoms with Crippen molar-refractivity contribution < 1.29 is 23.1 Å². The van der Waals surface area contributed by atoms with Crippen LogP contribution >= 0.6 is 9.39 Å². The van der Waals surface area contributed by atoms with E-state index in [1.165, 1.54) is 0 Å². The molecule has 1 unspecified atom stereocenters. The summed E-state index contributed by atoms with van der Waals surface area (Å²) in [6, 6.07) is 6.64. The van der Waals surface area contributed by atoms with Crippen molar-refractivity contribution in [3.05, 3.63) is 35.9 Å². The van der Waals surface area contributed by atoms with E-state index in [9.17, 15) is 23.1 Å². The van der Waals surface area contributed by atoms with E-state index in [1.54, 1.807) is 37.3 Å². The first-order valence-corrected chi connectivity index (χ1v) is 12.4. The molecule has 0 radical (unpaired) electrons. The molecule has 1 saturated heterocycles. The summed E-state index contributed by atoms with van der Waals surface area (Å²) >= 11 is 0. The second kappa shape index (κ2) is 11.7. The highest BCUT2D eigenvalue weighted by atomic mass is 32.2. The lowest BCUT2D eigenvalue weighted by Crippen LogP contribution is -2.51. The van der Waals surface area contributed by atoms with Crippen molar-refractivity contribution in [2.45, 2.75) is 56.9 Å². The molecule has 1 aromatic carbocycles. The Hall–Kier alpha value is -1.54. The summed E-state index contributed by atoms with van der Waals surface area (Å²) in [7, 11) is -1.07. The summed E-state index contributed by atoms with van der Waals surface area (Å²) < 4.78 is 29.5. The van der Waals surface area contributed by atoms with Gasteiger partial charge < -0.3 is 10.4 Å². The Labute approximate surface area is 181 Å². The molecule has 1 heterocycles. The van der Waals surface area contributed by atoms with Gasteiger partial charge in [-0.2, -0.15) is 0 Å². The Morgan fingerprint density at radius 3 is 2.40 bits per heavy atom. The number of nitrogens with one attached hydrogen (secondary N) is 2. The Morgan fingerprint density at radius 2 is 1.83 bits per heavy atom. The van der Waals surface area contributed by atoms with Crippen molar-refractivity contribution in [3.8, 4) is 0 Å². The van der Waals surface area contributed by atoms with E-state index >= 15 is 0 Å². The van der Waals surface area contributed by atoms with Gasteiger partial charge in [0.15, 0.2) is 0 Å². The number of sulfonamides is 1. The molecule has 0 aromatic heterocycles. The van der Waals surface area contributed by atoms with Gasteiger partial charge in [0.1, 0.15) is 12.1 Å². The Bertz CT molecular complexity index is 798. The van der Waals surface area contributed by atoms with Crippen LogP contribution in [0.3, 0.4) is 0 Å². The van der Waals surface area contributed by atoms with Crippen molar-refractivity contribution in [2.75, 3.05) is 13.1 Å². The fraction of sp³-hybridized carbons (Fsp3) is 0.600. The Morgan fingerprint density at radius 1 is 1.20 bits per heavy atom. The molecule has 1 aliphatic heterocycles. The molecule has 3 N–H and O–H groups in total. The smallest absolute Gasteiger partial charge is 0.326 e. The molecular weight excluding hydrogens is 425 g/mol. The van der Waals surface area contributed by atoms with Crippen molar-refractivity contribution in [3.63, 3.8) is 0 Å². The third-order valence-electron chi connectivity index (χ3n) is 5.37. The summed E-state index contributed by atoms with van der Waals surface area (Å²) in [6.45, 7) is 3.60. The number of carbonyl (C=O) groups excluding carboxylic acids is 1. The van der Waals surface area contributed by atoms with Crippen LogP contribution in [0.25, 0.3) is 0 Å². The molecule has 2 rings (SSSR count). The molecule has 0 aliphatic carbocycles. The van der Waals surface area contributed by atoms with E-state index in [4.69, 9.17) is 0 Å². The van der Waals surface area contributed by atoms with Gasteiger partial charge in [-0.25, -0.2) is 17.9 Å². The number of carboxylic acid groups (broad SMARTS) is 1.